The van der Waals surface area contributed by atoms with Crippen LogP contribution in [-0.2, 0) is 16.4 Å². The highest BCUT2D eigenvalue weighted by Gasteiger charge is 2.24. The first kappa shape index (κ1) is 16.5. The molecule has 0 spiro atoms. The van der Waals surface area contributed by atoms with Crippen LogP contribution in [-0.4, -0.2) is 27.5 Å². The van der Waals surface area contributed by atoms with Gasteiger partial charge in [-0.25, -0.2) is 13.1 Å². The number of hydrogen-bond acceptors (Lipinski definition) is 3. The van der Waals surface area contributed by atoms with Gasteiger partial charge in [0.15, 0.2) is 0 Å². The number of para-hydroxylation sites is 1. The molecule has 2 aromatic rings. The fraction of sp³-hybridized carbons (Fsp3) is 0.294. The molecule has 0 amide bonds. The van der Waals surface area contributed by atoms with Gasteiger partial charge in [-0.3, -0.25) is 0 Å². The van der Waals surface area contributed by atoms with E-state index in [0.29, 0.717) is 6.54 Å². The molecule has 0 fully saturated rings. The lowest BCUT2D eigenvalue weighted by Gasteiger charge is -2.27. The zero-order valence-electron chi connectivity index (χ0n) is 12.9. The predicted molar refractivity (Wildman–Crippen MR) is 96.3 cm³/mol. The molecule has 1 N–H and O–H groups in total. The summed E-state index contributed by atoms with van der Waals surface area (Å²) in [6.07, 6.45) is 1.01. The maximum absolute atomic E-state index is 12.4. The number of benzene rings is 2. The van der Waals surface area contributed by atoms with Gasteiger partial charge in [0, 0.05) is 29.3 Å². The van der Waals surface area contributed by atoms with Crippen molar-refractivity contribution in [2.75, 3.05) is 18.0 Å². The number of fused-ring (bicyclic) bond motifs is 1. The molecule has 122 valence electrons. The second-order valence-electron chi connectivity index (χ2n) is 5.73. The maximum Gasteiger partial charge on any atom is 0.240 e. The topological polar surface area (TPSA) is 49.4 Å². The summed E-state index contributed by atoms with van der Waals surface area (Å²) in [6, 6.07) is 15.1. The third-order valence-corrected chi connectivity index (χ3v) is 6.04. The van der Waals surface area contributed by atoms with E-state index in [-0.39, 0.29) is 10.9 Å². The van der Waals surface area contributed by atoms with Crippen molar-refractivity contribution in [3.63, 3.8) is 0 Å². The standard InChI is InChI=1S/C17H19BrN2O2S/c1-13(20-10-9-14-5-2-3-8-17(14)20)12-19-23(21,22)16-7-4-6-15(18)11-16/h2-8,11,13,19H,9-10,12H2,1H3. The van der Waals surface area contributed by atoms with E-state index in [9.17, 15) is 8.42 Å². The smallest absolute Gasteiger partial charge is 0.240 e. The molecular weight excluding hydrogens is 376 g/mol. The van der Waals surface area contributed by atoms with E-state index in [1.165, 1.54) is 11.3 Å². The van der Waals surface area contributed by atoms with Crippen molar-refractivity contribution in [3.8, 4) is 0 Å². The first-order chi connectivity index (χ1) is 11.0. The highest BCUT2D eigenvalue weighted by molar-refractivity contribution is 9.10. The Hall–Kier alpha value is -1.37. The summed E-state index contributed by atoms with van der Waals surface area (Å²) in [5.41, 5.74) is 2.54. The fourth-order valence-corrected chi connectivity index (χ4v) is 4.60. The minimum absolute atomic E-state index is 0.0978. The van der Waals surface area contributed by atoms with Crippen molar-refractivity contribution in [2.45, 2.75) is 24.3 Å². The third-order valence-electron chi connectivity index (χ3n) is 4.13. The Morgan fingerprint density at radius 3 is 2.78 bits per heavy atom. The van der Waals surface area contributed by atoms with Gasteiger partial charge in [-0.2, -0.15) is 0 Å². The van der Waals surface area contributed by atoms with E-state index in [1.807, 2.05) is 25.1 Å². The van der Waals surface area contributed by atoms with Crippen LogP contribution in [0.2, 0.25) is 0 Å². The zero-order valence-corrected chi connectivity index (χ0v) is 15.3. The van der Waals surface area contributed by atoms with Crippen LogP contribution in [0.4, 0.5) is 5.69 Å². The van der Waals surface area contributed by atoms with Crippen LogP contribution in [0.25, 0.3) is 0 Å². The van der Waals surface area contributed by atoms with Crippen LogP contribution < -0.4 is 9.62 Å². The van der Waals surface area contributed by atoms with Crippen LogP contribution in [0.15, 0.2) is 57.9 Å². The quantitative estimate of drug-likeness (QED) is 0.846. The lowest BCUT2D eigenvalue weighted by molar-refractivity contribution is 0.566. The van der Waals surface area contributed by atoms with Crippen LogP contribution in [0.3, 0.4) is 0 Å². The van der Waals surface area contributed by atoms with Gasteiger partial charge in [0.25, 0.3) is 0 Å². The molecule has 0 radical (unpaired) electrons. The highest BCUT2D eigenvalue weighted by atomic mass is 79.9. The van der Waals surface area contributed by atoms with E-state index in [2.05, 4.69) is 37.7 Å². The average molecular weight is 395 g/mol. The summed E-state index contributed by atoms with van der Waals surface area (Å²) in [7, 11) is -3.49. The number of anilines is 1. The molecule has 23 heavy (non-hydrogen) atoms. The van der Waals surface area contributed by atoms with E-state index < -0.39 is 10.0 Å². The van der Waals surface area contributed by atoms with Gasteiger partial charge >= 0.3 is 0 Å². The minimum Gasteiger partial charge on any atom is -0.367 e. The van der Waals surface area contributed by atoms with Gasteiger partial charge in [0.1, 0.15) is 0 Å². The Morgan fingerprint density at radius 2 is 2.00 bits per heavy atom. The van der Waals surface area contributed by atoms with E-state index in [4.69, 9.17) is 0 Å². The lowest BCUT2D eigenvalue weighted by atomic mass is 10.2. The van der Waals surface area contributed by atoms with Crippen molar-refractivity contribution in [1.29, 1.82) is 0 Å². The van der Waals surface area contributed by atoms with Crippen molar-refractivity contribution >= 4 is 31.6 Å². The molecule has 0 aliphatic carbocycles. The molecule has 1 aliphatic heterocycles. The second kappa shape index (κ2) is 6.63. The number of hydrogen-bond donors (Lipinski definition) is 1. The first-order valence-electron chi connectivity index (χ1n) is 7.57. The monoisotopic (exact) mass is 394 g/mol. The molecule has 0 aromatic heterocycles. The van der Waals surface area contributed by atoms with Crippen LogP contribution in [0, 0.1) is 0 Å². The van der Waals surface area contributed by atoms with Gasteiger partial charge in [0.2, 0.25) is 10.0 Å². The molecule has 1 heterocycles. The Kier molecular flexibility index (Phi) is 4.75. The van der Waals surface area contributed by atoms with Gasteiger partial charge < -0.3 is 4.90 Å². The van der Waals surface area contributed by atoms with Crippen molar-refractivity contribution in [1.82, 2.24) is 4.72 Å². The number of halogens is 1. The van der Waals surface area contributed by atoms with Crippen LogP contribution >= 0.6 is 15.9 Å². The van der Waals surface area contributed by atoms with Crippen LogP contribution in [0.1, 0.15) is 12.5 Å². The molecule has 6 heteroatoms. The Bertz CT molecular complexity index is 808. The fourth-order valence-electron chi connectivity index (χ4n) is 2.88. The third kappa shape index (κ3) is 3.59. The summed E-state index contributed by atoms with van der Waals surface area (Å²) < 4.78 is 28.3. The van der Waals surface area contributed by atoms with Gasteiger partial charge in [-0.1, -0.05) is 40.2 Å². The molecular formula is C17H19BrN2O2S. The van der Waals surface area contributed by atoms with Crippen molar-refractivity contribution < 1.29 is 8.42 Å². The lowest BCUT2D eigenvalue weighted by Crippen LogP contribution is -2.41. The second-order valence-corrected chi connectivity index (χ2v) is 8.41. The molecule has 0 bridgehead atoms. The number of rotatable bonds is 5. The number of nitrogens with zero attached hydrogens (tertiary/aromatic N) is 1. The van der Waals surface area contributed by atoms with Gasteiger partial charge in [0.05, 0.1) is 4.90 Å². The Balaban J connectivity index is 1.69. The number of sulfonamides is 1. The average Bonchev–Trinajstić information content (AvgIpc) is 2.97. The molecule has 1 unspecified atom stereocenters. The van der Waals surface area contributed by atoms with Gasteiger partial charge in [-0.15, -0.1) is 0 Å². The van der Waals surface area contributed by atoms with Crippen molar-refractivity contribution in [3.05, 3.63) is 58.6 Å². The normalized spacial score (nSPS) is 15.5. The molecule has 1 atom stereocenters. The molecule has 2 aromatic carbocycles. The van der Waals surface area contributed by atoms with E-state index in [1.54, 1.807) is 18.2 Å². The maximum atomic E-state index is 12.4. The summed E-state index contributed by atoms with van der Waals surface area (Å²) in [6.45, 7) is 3.35. The van der Waals surface area contributed by atoms with Crippen LogP contribution in [0.5, 0.6) is 0 Å². The van der Waals surface area contributed by atoms with Gasteiger partial charge in [-0.05, 0) is 43.2 Å². The minimum atomic E-state index is -3.49. The molecule has 1 aliphatic rings. The zero-order chi connectivity index (χ0) is 16.4. The molecule has 0 saturated carbocycles. The number of nitrogens with one attached hydrogen (secondary N) is 1. The molecule has 3 rings (SSSR count). The molecule has 0 saturated heterocycles. The summed E-state index contributed by atoms with van der Waals surface area (Å²) in [5.74, 6) is 0. The predicted octanol–water partition coefficient (Wildman–Crippen LogP) is 3.18. The van der Waals surface area contributed by atoms with Crippen molar-refractivity contribution in [2.24, 2.45) is 0 Å². The SMILES string of the molecule is CC(CNS(=O)(=O)c1cccc(Br)c1)N1CCc2ccccc21. The van der Waals surface area contributed by atoms with E-state index >= 15 is 0 Å². The summed E-state index contributed by atoms with van der Waals surface area (Å²) in [5, 5.41) is 0. The Morgan fingerprint density at radius 1 is 1.22 bits per heavy atom. The molecule has 4 nitrogen and oxygen atoms in total. The highest BCUT2D eigenvalue weighted by Crippen LogP contribution is 2.29. The largest absolute Gasteiger partial charge is 0.367 e. The summed E-state index contributed by atoms with van der Waals surface area (Å²) >= 11 is 3.31. The summed E-state index contributed by atoms with van der Waals surface area (Å²) in [4.78, 5) is 2.54. The van der Waals surface area contributed by atoms with E-state index in [0.717, 1.165) is 17.4 Å². The first-order valence-corrected chi connectivity index (χ1v) is 9.85. The Labute approximate surface area is 145 Å².